The molecular formula is C14H11BrClF3N2O2. The number of rotatable bonds is 5. The maximum Gasteiger partial charge on any atom is 0.281 e. The molecule has 1 aromatic carbocycles. The number of methoxy groups -OCH3 is 1. The molecule has 4 nitrogen and oxygen atoms in total. The molecular weight excluding hydrogens is 401 g/mol. The first-order valence-corrected chi connectivity index (χ1v) is 7.49. The van der Waals surface area contributed by atoms with Crippen LogP contribution in [-0.4, -0.2) is 23.4 Å². The largest absolute Gasteiger partial charge is 0.464 e. The number of ether oxygens (including phenoxy) is 2. The smallest absolute Gasteiger partial charge is 0.281 e. The molecule has 0 aliphatic rings. The van der Waals surface area contributed by atoms with Crippen molar-refractivity contribution in [2.75, 3.05) is 7.11 Å². The molecule has 2 rings (SSSR count). The van der Waals surface area contributed by atoms with Crippen molar-refractivity contribution < 1.29 is 22.6 Å². The number of halogens is 5. The van der Waals surface area contributed by atoms with E-state index in [4.69, 9.17) is 21.1 Å². The zero-order valence-electron chi connectivity index (χ0n) is 12.0. The summed E-state index contributed by atoms with van der Waals surface area (Å²) in [6.45, 7) is 1.62. The second-order valence-corrected chi connectivity index (χ2v) is 5.61. The van der Waals surface area contributed by atoms with Crippen LogP contribution in [0.15, 0.2) is 22.9 Å². The van der Waals surface area contributed by atoms with Gasteiger partial charge in [-0.25, -0.2) is 23.1 Å². The fraction of sp³-hybridized carbons (Fsp3) is 0.286. The van der Waals surface area contributed by atoms with Gasteiger partial charge in [0, 0.05) is 12.7 Å². The highest BCUT2D eigenvalue weighted by Crippen LogP contribution is 2.38. The van der Waals surface area contributed by atoms with E-state index in [0.29, 0.717) is 0 Å². The van der Waals surface area contributed by atoms with Crippen LogP contribution in [0.5, 0.6) is 5.75 Å². The first-order chi connectivity index (χ1) is 10.8. The fourth-order valence-electron chi connectivity index (χ4n) is 1.75. The van der Waals surface area contributed by atoms with Gasteiger partial charge in [0.15, 0.2) is 6.29 Å². The van der Waals surface area contributed by atoms with E-state index in [9.17, 15) is 13.2 Å². The SMILES string of the molecule is COC(C)Oc1cc(-c2ncnc(C(F)F)c2Br)c(F)cc1Cl. The Labute approximate surface area is 143 Å². The van der Waals surface area contributed by atoms with Crippen LogP contribution >= 0.6 is 27.5 Å². The minimum atomic E-state index is -2.83. The summed E-state index contributed by atoms with van der Waals surface area (Å²) >= 11 is 8.92. The van der Waals surface area contributed by atoms with Gasteiger partial charge in [-0.1, -0.05) is 11.6 Å². The average molecular weight is 412 g/mol. The molecule has 0 aliphatic heterocycles. The van der Waals surface area contributed by atoms with Crippen molar-refractivity contribution in [3.05, 3.63) is 39.5 Å². The lowest BCUT2D eigenvalue weighted by molar-refractivity contribution is -0.0382. The minimum absolute atomic E-state index is 0.0226. The van der Waals surface area contributed by atoms with Crippen LogP contribution in [-0.2, 0) is 4.74 Å². The normalized spacial score (nSPS) is 12.5. The highest BCUT2D eigenvalue weighted by atomic mass is 79.9. The second kappa shape index (κ2) is 7.46. The molecule has 124 valence electrons. The number of nitrogens with zero attached hydrogens (tertiary/aromatic N) is 2. The zero-order valence-corrected chi connectivity index (χ0v) is 14.3. The fourth-order valence-corrected chi connectivity index (χ4v) is 2.54. The summed E-state index contributed by atoms with van der Waals surface area (Å²) in [5.41, 5.74) is -0.611. The van der Waals surface area contributed by atoms with E-state index in [-0.39, 0.29) is 26.5 Å². The van der Waals surface area contributed by atoms with Crippen LogP contribution < -0.4 is 4.74 Å². The molecule has 23 heavy (non-hydrogen) atoms. The molecule has 0 radical (unpaired) electrons. The topological polar surface area (TPSA) is 44.2 Å². The Morgan fingerprint density at radius 2 is 1.96 bits per heavy atom. The maximum absolute atomic E-state index is 14.2. The summed E-state index contributed by atoms with van der Waals surface area (Å²) < 4.78 is 50.3. The van der Waals surface area contributed by atoms with E-state index in [1.54, 1.807) is 6.92 Å². The number of aromatic nitrogens is 2. The molecule has 0 amide bonds. The van der Waals surface area contributed by atoms with Gasteiger partial charge in [-0.15, -0.1) is 0 Å². The highest BCUT2D eigenvalue weighted by Gasteiger charge is 2.21. The van der Waals surface area contributed by atoms with E-state index in [1.165, 1.54) is 13.2 Å². The van der Waals surface area contributed by atoms with Crippen molar-refractivity contribution in [1.29, 1.82) is 0 Å². The van der Waals surface area contributed by atoms with Crippen LogP contribution in [0.25, 0.3) is 11.3 Å². The Morgan fingerprint density at radius 1 is 1.26 bits per heavy atom. The maximum atomic E-state index is 14.2. The van der Waals surface area contributed by atoms with Gasteiger partial charge >= 0.3 is 0 Å². The number of benzene rings is 1. The Balaban J connectivity index is 2.55. The molecule has 0 fully saturated rings. The third-order valence-electron chi connectivity index (χ3n) is 2.92. The Morgan fingerprint density at radius 3 is 2.57 bits per heavy atom. The lowest BCUT2D eigenvalue weighted by atomic mass is 10.1. The Kier molecular flexibility index (Phi) is 5.83. The molecule has 1 aromatic heterocycles. The van der Waals surface area contributed by atoms with E-state index >= 15 is 0 Å². The van der Waals surface area contributed by atoms with Gasteiger partial charge in [-0.2, -0.15) is 0 Å². The molecule has 0 spiro atoms. The first-order valence-electron chi connectivity index (χ1n) is 6.32. The monoisotopic (exact) mass is 410 g/mol. The molecule has 1 heterocycles. The van der Waals surface area contributed by atoms with E-state index in [2.05, 4.69) is 25.9 Å². The molecule has 0 saturated heterocycles. The third kappa shape index (κ3) is 3.94. The van der Waals surface area contributed by atoms with Gasteiger partial charge in [-0.05, 0) is 35.0 Å². The van der Waals surface area contributed by atoms with Gasteiger partial charge in [0.25, 0.3) is 6.43 Å². The number of hydrogen-bond acceptors (Lipinski definition) is 4. The minimum Gasteiger partial charge on any atom is -0.464 e. The summed E-state index contributed by atoms with van der Waals surface area (Å²) in [5, 5.41) is 0.0226. The van der Waals surface area contributed by atoms with Gasteiger partial charge in [0.1, 0.15) is 23.6 Å². The van der Waals surface area contributed by atoms with Crippen molar-refractivity contribution in [1.82, 2.24) is 9.97 Å². The van der Waals surface area contributed by atoms with Crippen LogP contribution in [0.1, 0.15) is 19.0 Å². The molecule has 0 aliphatic carbocycles. The van der Waals surface area contributed by atoms with E-state index in [1.807, 2.05) is 0 Å². The van der Waals surface area contributed by atoms with Crippen molar-refractivity contribution in [2.24, 2.45) is 0 Å². The van der Waals surface area contributed by atoms with Crippen molar-refractivity contribution in [3.8, 4) is 17.0 Å². The van der Waals surface area contributed by atoms with Crippen LogP contribution in [0.3, 0.4) is 0 Å². The first kappa shape index (κ1) is 18.0. The van der Waals surface area contributed by atoms with Crippen molar-refractivity contribution in [2.45, 2.75) is 19.6 Å². The van der Waals surface area contributed by atoms with Crippen LogP contribution in [0.4, 0.5) is 13.2 Å². The molecule has 2 aromatic rings. The lowest BCUT2D eigenvalue weighted by Crippen LogP contribution is -2.14. The van der Waals surface area contributed by atoms with Gasteiger partial charge in [-0.3, -0.25) is 0 Å². The molecule has 1 unspecified atom stereocenters. The summed E-state index contributed by atoms with van der Waals surface area (Å²) in [4.78, 5) is 7.35. The zero-order chi connectivity index (χ0) is 17.1. The summed E-state index contributed by atoms with van der Waals surface area (Å²) in [6.07, 6.45) is -2.52. The van der Waals surface area contributed by atoms with Gasteiger partial charge in [0.05, 0.1) is 15.2 Å². The Hall–Kier alpha value is -1.38. The van der Waals surface area contributed by atoms with Crippen molar-refractivity contribution >= 4 is 27.5 Å². The average Bonchev–Trinajstić information content (AvgIpc) is 2.50. The van der Waals surface area contributed by atoms with E-state index in [0.717, 1.165) is 12.4 Å². The number of hydrogen-bond donors (Lipinski definition) is 0. The van der Waals surface area contributed by atoms with Gasteiger partial charge < -0.3 is 9.47 Å². The van der Waals surface area contributed by atoms with Crippen molar-refractivity contribution in [3.63, 3.8) is 0 Å². The predicted octanol–water partition coefficient (Wildman–Crippen LogP) is 5.01. The molecule has 0 N–H and O–H groups in total. The highest BCUT2D eigenvalue weighted by molar-refractivity contribution is 9.10. The standard InChI is InChI=1S/C14H11BrClF3N2O2/c1-6(22-2)23-10-3-7(9(17)4-8(10)16)12-11(15)13(14(18)19)21-5-20-12/h3-6,14H,1-2H3. The lowest BCUT2D eigenvalue weighted by Gasteiger charge is -2.16. The Bertz CT molecular complexity index is 719. The van der Waals surface area contributed by atoms with E-state index < -0.39 is 24.2 Å². The summed E-state index contributed by atoms with van der Waals surface area (Å²) in [7, 11) is 1.43. The van der Waals surface area contributed by atoms with Gasteiger partial charge in [0.2, 0.25) is 0 Å². The molecule has 9 heteroatoms. The second-order valence-electron chi connectivity index (χ2n) is 4.41. The molecule has 1 atom stereocenters. The third-order valence-corrected chi connectivity index (χ3v) is 4.00. The van der Waals surface area contributed by atoms with Crippen LogP contribution in [0.2, 0.25) is 5.02 Å². The molecule has 0 saturated carbocycles. The molecule has 0 bridgehead atoms. The summed E-state index contributed by atoms with van der Waals surface area (Å²) in [5.74, 6) is -0.589. The number of alkyl halides is 2. The predicted molar refractivity (Wildman–Crippen MR) is 82.2 cm³/mol. The quantitative estimate of drug-likeness (QED) is 0.649. The van der Waals surface area contributed by atoms with Crippen LogP contribution in [0, 0.1) is 5.82 Å². The summed E-state index contributed by atoms with van der Waals surface area (Å²) in [6, 6.07) is 2.29.